The number of carbonyl (C=O) groups is 1. The first-order valence-corrected chi connectivity index (χ1v) is 9.11. The predicted molar refractivity (Wildman–Crippen MR) is 96.3 cm³/mol. The molecule has 7 nitrogen and oxygen atoms in total. The van der Waals surface area contributed by atoms with E-state index in [9.17, 15) is 27.2 Å². The van der Waals surface area contributed by atoms with Crippen molar-refractivity contribution in [3.8, 4) is 0 Å². The number of fused-ring (bicyclic) bond motifs is 2. The number of esters is 1. The first-order valence-electron chi connectivity index (χ1n) is 9.11. The Morgan fingerprint density at radius 1 is 1.30 bits per heavy atom. The molecule has 0 fully saturated rings. The van der Waals surface area contributed by atoms with Gasteiger partial charge in [0, 0.05) is 11.8 Å². The predicted octanol–water partition coefficient (Wildman–Crippen LogP) is 2.85. The summed E-state index contributed by atoms with van der Waals surface area (Å²) in [5.41, 5.74) is -1.80. The van der Waals surface area contributed by atoms with Gasteiger partial charge in [-0.2, -0.15) is 18.3 Å². The number of benzene rings is 1. The van der Waals surface area contributed by atoms with Crippen LogP contribution in [0.5, 0.6) is 0 Å². The second-order valence-electron chi connectivity index (χ2n) is 6.98. The van der Waals surface area contributed by atoms with Crippen LogP contribution in [0.25, 0.3) is 10.9 Å². The van der Waals surface area contributed by atoms with Crippen molar-refractivity contribution >= 4 is 16.9 Å². The number of aryl methyl sites for hydroxylation is 1. The number of hydrogen-bond acceptors (Lipinski definition) is 5. The quantitative estimate of drug-likeness (QED) is 0.477. The highest BCUT2D eigenvalue weighted by Gasteiger charge is 2.34. The van der Waals surface area contributed by atoms with Gasteiger partial charge in [-0.3, -0.25) is 4.57 Å². The van der Waals surface area contributed by atoms with E-state index in [2.05, 4.69) is 10.1 Å². The molecule has 0 unspecified atom stereocenters. The second-order valence-corrected chi connectivity index (χ2v) is 6.98. The number of methoxy groups -OCH3 is 1. The maximum atomic E-state index is 13.7. The Hall–Kier alpha value is -3.24. The van der Waals surface area contributed by atoms with E-state index in [-0.39, 0.29) is 23.0 Å². The molecule has 1 atom stereocenters. The van der Waals surface area contributed by atoms with E-state index >= 15 is 0 Å². The summed E-state index contributed by atoms with van der Waals surface area (Å²) in [4.78, 5) is 28.5. The number of rotatable bonds is 3. The second kappa shape index (κ2) is 7.22. The number of pyridine rings is 1. The molecule has 0 saturated carbocycles. The van der Waals surface area contributed by atoms with Crippen molar-refractivity contribution in [1.29, 1.82) is 0 Å². The lowest BCUT2D eigenvalue weighted by Gasteiger charge is -2.20. The number of ether oxygens (including phenoxy) is 1. The normalized spacial score (nSPS) is 16.5. The average Bonchev–Trinajstić information content (AvgIpc) is 3.02. The number of nitrogens with zero attached hydrogens (tertiary/aromatic N) is 4. The van der Waals surface area contributed by atoms with Crippen molar-refractivity contribution in [3.63, 3.8) is 0 Å². The molecule has 0 bridgehead atoms. The molecule has 0 spiro atoms. The van der Waals surface area contributed by atoms with Crippen LogP contribution in [-0.2, 0) is 28.7 Å². The molecule has 1 aliphatic heterocycles. The van der Waals surface area contributed by atoms with Crippen LogP contribution in [0.15, 0.2) is 29.1 Å². The summed E-state index contributed by atoms with van der Waals surface area (Å²) in [6, 6.07) is 3.18. The summed E-state index contributed by atoms with van der Waals surface area (Å²) in [6.07, 6.45) is -3.27. The Kier molecular flexibility index (Phi) is 4.83. The summed E-state index contributed by atoms with van der Waals surface area (Å²) in [5, 5.41) is 4.34. The Morgan fingerprint density at radius 2 is 2.07 bits per heavy atom. The molecule has 11 heteroatoms. The standard InChI is InChI=1S/C19H16F4N4O3/c1-30-17(28)14-3-2-4-16-25-26(18(29)27(14)16)9-10-7-15(19(21,22)23)24-13-6-5-11(20)8-12(10)13/h5-8,14H,2-4,9H2,1H3/t14-/m0/s1. The van der Waals surface area contributed by atoms with Crippen molar-refractivity contribution in [2.45, 2.75) is 38.0 Å². The van der Waals surface area contributed by atoms with Crippen molar-refractivity contribution < 1.29 is 27.1 Å². The lowest BCUT2D eigenvalue weighted by atomic mass is 10.1. The summed E-state index contributed by atoms with van der Waals surface area (Å²) in [5.74, 6) is -0.886. The van der Waals surface area contributed by atoms with E-state index in [1.165, 1.54) is 11.7 Å². The number of alkyl halides is 3. The SMILES string of the molecule is COC(=O)[C@@H]1CCCc2nn(Cc3cc(C(F)(F)F)nc4ccc(F)cc34)c(=O)n21. The lowest BCUT2D eigenvalue weighted by Crippen LogP contribution is -2.35. The van der Waals surface area contributed by atoms with Gasteiger partial charge in [0.25, 0.3) is 0 Å². The zero-order valence-electron chi connectivity index (χ0n) is 15.7. The molecule has 158 valence electrons. The first-order chi connectivity index (χ1) is 14.2. The van der Waals surface area contributed by atoms with E-state index < -0.39 is 35.4 Å². The maximum Gasteiger partial charge on any atom is 0.433 e. The zero-order chi connectivity index (χ0) is 21.6. The van der Waals surface area contributed by atoms with Crippen LogP contribution in [0, 0.1) is 5.82 Å². The van der Waals surface area contributed by atoms with Gasteiger partial charge >= 0.3 is 17.8 Å². The third-order valence-corrected chi connectivity index (χ3v) is 5.07. The fourth-order valence-electron chi connectivity index (χ4n) is 3.70. The topological polar surface area (TPSA) is 79.0 Å². The highest BCUT2D eigenvalue weighted by Crippen LogP contribution is 2.31. The van der Waals surface area contributed by atoms with E-state index in [0.717, 1.165) is 28.9 Å². The number of hydrogen-bond donors (Lipinski definition) is 0. The largest absolute Gasteiger partial charge is 0.467 e. The number of aromatic nitrogens is 4. The lowest BCUT2D eigenvalue weighted by molar-refractivity contribution is -0.145. The fourth-order valence-corrected chi connectivity index (χ4v) is 3.70. The molecule has 30 heavy (non-hydrogen) atoms. The fraction of sp³-hybridized carbons (Fsp3) is 0.368. The zero-order valence-corrected chi connectivity index (χ0v) is 15.7. The Balaban J connectivity index is 1.84. The van der Waals surface area contributed by atoms with Crippen molar-refractivity contribution in [1.82, 2.24) is 19.3 Å². The molecule has 0 N–H and O–H groups in total. The molecular formula is C19H16F4N4O3. The van der Waals surface area contributed by atoms with Crippen molar-refractivity contribution in [3.05, 3.63) is 57.6 Å². The van der Waals surface area contributed by atoms with Crippen LogP contribution in [0.4, 0.5) is 17.6 Å². The van der Waals surface area contributed by atoms with Gasteiger partial charge in [-0.15, -0.1) is 0 Å². The summed E-state index contributed by atoms with van der Waals surface area (Å²) >= 11 is 0. The van der Waals surface area contributed by atoms with Crippen LogP contribution in [-0.4, -0.2) is 32.4 Å². The maximum absolute atomic E-state index is 13.7. The van der Waals surface area contributed by atoms with Gasteiger partial charge < -0.3 is 4.74 Å². The first kappa shape index (κ1) is 20.0. The van der Waals surface area contributed by atoms with Gasteiger partial charge in [0.05, 0.1) is 19.2 Å². The van der Waals surface area contributed by atoms with E-state index in [1.807, 2.05) is 0 Å². The monoisotopic (exact) mass is 424 g/mol. The van der Waals surface area contributed by atoms with Crippen molar-refractivity contribution in [2.24, 2.45) is 0 Å². The molecule has 0 amide bonds. The number of halogens is 4. The van der Waals surface area contributed by atoms with Gasteiger partial charge in [0.2, 0.25) is 0 Å². The smallest absolute Gasteiger partial charge is 0.433 e. The van der Waals surface area contributed by atoms with E-state index in [4.69, 9.17) is 4.74 Å². The minimum atomic E-state index is -4.72. The Morgan fingerprint density at radius 3 is 2.77 bits per heavy atom. The minimum Gasteiger partial charge on any atom is -0.467 e. The average molecular weight is 424 g/mol. The Labute approximate surface area is 166 Å². The molecule has 1 aliphatic rings. The van der Waals surface area contributed by atoms with Crippen molar-refractivity contribution in [2.75, 3.05) is 7.11 Å². The molecule has 2 aromatic heterocycles. The van der Waals surface area contributed by atoms with E-state index in [0.29, 0.717) is 25.1 Å². The van der Waals surface area contributed by atoms with Crippen LogP contribution in [0.3, 0.4) is 0 Å². The highest BCUT2D eigenvalue weighted by atomic mass is 19.4. The molecule has 0 radical (unpaired) electrons. The van der Waals surface area contributed by atoms with Crippen LogP contribution in [0.1, 0.15) is 36.0 Å². The third-order valence-electron chi connectivity index (χ3n) is 5.07. The molecule has 3 heterocycles. The van der Waals surface area contributed by atoms with Gasteiger partial charge in [-0.25, -0.2) is 23.6 Å². The van der Waals surface area contributed by atoms with Gasteiger partial charge in [-0.1, -0.05) is 0 Å². The van der Waals surface area contributed by atoms with Gasteiger partial charge in [0.15, 0.2) is 0 Å². The minimum absolute atomic E-state index is 0.0407. The Bertz CT molecular complexity index is 1200. The summed E-state index contributed by atoms with van der Waals surface area (Å²) in [6.45, 7) is -0.335. The molecule has 3 aromatic rings. The molecule has 0 saturated heterocycles. The van der Waals surface area contributed by atoms with Crippen LogP contribution in [0.2, 0.25) is 0 Å². The third kappa shape index (κ3) is 3.44. The summed E-state index contributed by atoms with van der Waals surface area (Å²) < 4.78 is 60.5. The number of carbonyl (C=O) groups excluding carboxylic acids is 1. The van der Waals surface area contributed by atoms with Gasteiger partial charge in [0.1, 0.15) is 23.4 Å². The van der Waals surface area contributed by atoms with E-state index in [1.54, 1.807) is 0 Å². The van der Waals surface area contributed by atoms with Gasteiger partial charge in [-0.05, 0) is 42.7 Å². The van der Waals surface area contributed by atoms with Crippen LogP contribution < -0.4 is 5.69 Å². The molecular weight excluding hydrogens is 408 g/mol. The highest BCUT2D eigenvalue weighted by molar-refractivity contribution is 5.82. The van der Waals surface area contributed by atoms with Crippen LogP contribution >= 0.6 is 0 Å². The summed E-state index contributed by atoms with van der Waals surface area (Å²) in [7, 11) is 1.21. The molecule has 4 rings (SSSR count). The molecule has 1 aromatic carbocycles. The molecule has 0 aliphatic carbocycles.